The third-order valence-electron chi connectivity index (χ3n) is 12.4. The molecule has 0 unspecified atom stereocenters. The van der Waals surface area contributed by atoms with Crippen LogP contribution in [0.2, 0.25) is 0 Å². The van der Waals surface area contributed by atoms with Gasteiger partial charge in [-0.05, 0) is 96.8 Å². The molecule has 0 aliphatic carbocycles. The van der Waals surface area contributed by atoms with Gasteiger partial charge in [0.1, 0.15) is 0 Å². The number of para-hydroxylation sites is 3. The topological polar surface area (TPSA) is 48.5 Å². The van der Waals surface area contributed by atoms with Crippen LogP contribution in [0.3, 0.4) is 0 Å². The maximum absolute atomic E-state index is 5.32. The average molecular weight is 820 g/mol. The molecule has 5 nitrogen and oxygen atoms in total. The summed E-state index contributed by atoms with van der Waals surface area (Å²) in [5.74, 6) is 1.84. The van der Waals surface area contributed by atoms with Crippen LogP contribution in [0.15, 0.2) is 212 Å². The van der Waals surface area contributed by atoms with Gasteiger partial charge in [0.15, 0.2) is 17.5 Å². The van der Waals surface area contributed by atoms with Gasteiger partial charge in [-0.25, -0.2) is 15.0 Å². The van der Waals surface area contributed by atoms with E-state index in [1.165, 1.54) is 49.3 Å². The number of hydrogen-bond acceptors (Lipinski definition) is 3. The summed E-state index contributed by atoms with van der Waals surface area (Å²) < 4.78 is 4.75. The summed E-state index contributed by atoms with van der Waals surface area (Å²) in [7, 11) is 0. The molecule has 0 aliphatic rings. The third kappa shape index (κ3) is 6.37. The first-order valence-electron chi connectivity index (χ1n) is 21.8. The number of benzene rings is 9. The Balaban J connectivity index is 1.12. The maximum Gasteiger partial charge on any atom is 0.166 e. The van der Waals surface area contributed by atoms with Crippen molar-refractivity contribution in [3.8, 4) is 67.8 Å². The molecule has 0 atom stereocenters. The molecule has 3 heterocycles. The largest absolute Gasteiger partial charge is 0.309 e. The van der Waals surface area contributed by atoms with Gasteiger partial charge in [0.25, 0.3) is 0 Å². The smallest absolute Gasteiger partial charge is 0.166 e. The minimum absolute atomic E-state index is 0.601. The van der Waals surface area contributed by atoms with Gasteiger partial charge in [-0.2, -0.15) is 0 Å². The van der Waals surface area contributed by atoms with Crippen LogP contribution >= 0.6 is 0 Å². The van der Waals surface area contributed by atoms with Crippen molar-refractivity contribution in [3.05, 3.63) is 223 Å². The van der Waals surface area contributed by atoms with Crippen LogP contribution in [0.1, 0.15) is 11.1 Å². The van der Waals surface area contributed by atoms with Gasteiger partial charge in [-0.15, -0.1) is 0 Å². The Morgan fingerprint density at radius 2 is 0.734 bits per heavy atom. The van der Waals surface area contributed by atoms with Crippen LogP contribution in [-0.4, -0.2) is 24.1 Å². The number of nitrogens with zero attached hydrogens (tertiary/aromatic N) is 5. The minimum atomic E-state index is 0.601. The minimum Gasteiger partial charge on any atom is -0.309 e. The molecule has 0 amide bonds. The van der Waals surface area contributed by atoms with Crippen LogP contribution < -0.4 is 0 Å². The van der Waals surface area contributed by atoms with Gasteiger partial charge in [-0.3, -0.25) is 0 Å². The van der Waals surface area contributed by atoms with Gasteiger partial charge in [0, 0.05) is 43.9 Å². The molecule has 64 heavy (non-hydrogen) atoms. The van der Waals surface area contributed by atoms with Crippen molar-refractivity contribution in [1.29, 1.82) is 0 Å². The van der Waals surface area contributed by atoms with E-state index < -0.39 is 0 Å². The van der Waals surface area contributed by atoms with Crippen LogP contribution in [0, 0.1) is 13.8 Å². The zero-order valence-electron chi connectivity index (χ0n) is 35.4. The second-order valence-electron chi connectivity index (χ2n) is 16.7. The lowest BCUT2D eigenvalue weighted by Gasteiger charge is -2.16. The van der Waals surface area contributed by atoms with Crippen molar-refractivity contribution >= 4 is 43.6 Å². The van der Waals surface area contributed by atoms with Gasteiger partial charge in [0.05, 0.1) is 27.8 Å². The van der Waals surface area contributed by atoms with Gasteiger partial charge >= 0.3 is 0 Å². The average Bonchev–Trinajstić information content (AvgIpc) is 3.86. The predicted octanol–water partition coefficient (Wildman–Crippen LogP) is 15.0. The lowest BCUT2D eigenvalue weighted by molar-refractivity contribution is 1.06. The first-order valence-corrected chi connectivity index (χ1v) is 21.8. The maximum atomic E-state index is 5.32. The highest BCUT2D eigenvalue weighted by molar-refractivity contribution is 6.12. The van der Waals surface area contributed by atoms with Crippen LogP contribution in [0.25, 0.3) is 111 Å². The molecule has 0 saturated carbocycles. The highest BCUT2D eigenvalue weighted by Gasteiger charge is 2.22. The molecule has 0 saturated heterocycles. The summed E-state index contributed by atoms with van der Waals surface area (Å²) in [6, 6.07) is 75.7. The first-order chi connectivity index (χ1) is 31.5. The van der Waals surface area contributed by atoms with Gasteiger partial charge < -0.3 is 9.13 Å². The standard InChI is InChI=1S/C59H41N5/c1-38-32-39(2)34-45(33-38)44-28-30-55-50(36-44)48-23-13-15-25-53(48)64(55)56-31-27-43(42-26-29-54-49(35-42)47-22-12-14-24-52(47)63(54)46-20-10-5-11-21-46)37-51(56)59-61-57(40-16-6-3-7-17-40)60-58(62-59)41-18-8-4-9-19-41/h3-37H,1-2H3. The van der Waals surface area contributed by atoms with Crippen molar-refractivity contribution in [1.82, 2.24) is 24.1 Å². The Bertz CT molecular complexity index is 3660. The molecule has 3 aromatic heterocycles. The van der Waals surface area contributed by atoms with E-state index in [2.05, 4.69) is 199 Å². The van der Waals surface area contributed by atoms with E-state index in [-0.39, 0.29) is 0 Å². The van der Waals surface area contributed by atoms with Crippen molar-refractivity contribution in [2.75, 3.05) is 0 Å². The normalized spacial score (nSPS) is 11.6. The number of aromatic nitrogens is 5. The lowest BCUT2D eigenvalue weighted by atomic mass is 9.98. The third-order valence-corrected chi connectivity index (χ3v) is 12.4. The number of aryl methyl sites for hydroxylation is 2. The molecule has 12 rings (SSSR count). The number of hydrogen-bond donors (Lipinski definition) is 0. The summed E-state index contributed by atoms with van der Waals surface area (Å²) >= 11 is 0. The van der Waals surface area contributed by atoms with Gasteiger partial charge in [-0.1, -0.05) is 163 Å². The zero-order chi connectivity index (χ0) is 42.7. The first kappa shape index (κ1) is 37.4. The summed E-state index contributed by atoms with van der Waals surface area (Å²) in [6.07, 6.45) is 0. The van der Waals surface area contributed by atoms with Crippen LogP contribution in [0.4, 0.5) is 0 Å². The lowest BCUT2D eigenvalue weighted by Crippen LogP contribution is -2.04. The molecule has 0 N–H and O–H groups in total. The van der Waals surface area contributed by atoms with E-state index in [1.54, 1.807) is 0 Å². The molecule has 0 fully saturated rings. The zero-order valence-corrected chi connectivity index (χ0v) is 35.4. The molecule has 0 spiro atoms. The van der Waals surface area contributed by atoms with E-state index in [0.29, 0.717) is 17.5 Å². The second kappa shape index (κ2) is 15.2. The van der Waals surface area contributed by atoms with E-state index in [0.717, 1.165) is 55.7 Å². The molecule has 302 valence electrons. The van der Waals surface area contributed by atoms with E-state index in [1.807, 2.05) is 36.4 Å². The fourth-order valence-electron chi connectivity index (χ4n) is 9.58. The summed E-state index contributed by atoms with van der Waals surface area (Å²) in [5.41, 5.74) is 16.5. The summed E-state index contributed by atoms with van der Waals surface area (Å²) in [5, 5.41) is 4.78. The number of rotatable bonds is 7. The van der Waals surface area contributed by atoms with Crippen molar-refractivity contribution < 1.29 is 0 Å². The quantitative estimate of drug-likeness (QED) is 0.161. The Kier molecular flexibility index (Phi) is 8.87. The Morgan fingerprint density at radius 1 is 0.297 bits per heavy atom. The Hall–Kier alpha value is -8.41. The summed E-state index contributed by atoms with van der Waals surface area (Å²) in [6.45, 7) is 4.33. The van der Waals surface area contributed by atoms with E-state index in [9.17, 15) is 0 Å². The molecule has 0 bridgehead atoms. The second-order valence-corrected chi connectivity index (χ2v) is 16.7. The fraction of sp³-hybridized carbons (Fsp3) is 0.0339. The number of fused-ring (bicyclic) bond motifs is 6. The molecule has 5 heteroatoms. The van der Waals surface area contributed by atoms with Crippen molar-refractivity contribution in [2.45, 2.75) is 13.8 Å². The molecular formula is C59H41N5. The molecular weight excluding hydrogens is 779 g/mol. The highest BCUT2D eigenvalue weighted by atomic mass is 15.1. The monoisotopic (exact) mass is 819 g/mol. The Morgan fingerprint density at radius 3 is 1.33 bits per heavy atom. The fourth-order valence-corrected chi connectivity index (χ4v) is 9.58. The van der Waals surface area contributed by atoms with Crippen molar-refractivity contribution in [3.63, 3.8) is 0 Å². The van der Waals surface area contributed by atoms with E-state index in [4.69, 9.17) is 15.0 Å². The Labute approximate surface area is 371 Å². The molecule has 12 aromatic rings. The highest BCUT2D eigenvalue weighted by Crippen LogP contribution is 2.41. The molecule has 0 radical (unpaired) electrons. The van der Waals surface area contributed by atoms with Gasteiger partial charge in [0.2, 0.25) is 0 Å². The van der Waals surface area contributed by atoms with Crippen molar-refractivity contribution in [2.24, 2.45) is 0 Å². The predicted molar refractivity (Wildman–Crippen MR) is 265 cm³/mol. The molecule has 9 aromatic carbocycles. The SMILES string of the molecule is Cc1cc(C)cc(-c2ccc3c(c2)c2ccccc2n3-c2ccc(-c3ccc4c(c3)c3ccccc3n4-c3ccccc3)cc2-c2nc(-c3ccccc3)nc(-c3ccccc3)n2)c1. The summed E-state index contributed by atoms with van der Waals surface area (Å²) in [4.78, 5) is 15.7. The molecule has 0 aliphatic heterocycles. The van der Waals surface area contributed by atoms with Crippen LogP contribution in [-0.2, 0) is 0 Å². The van der Waals surface area contributed by atoms with E-state index >= 15 is 0 Å². The van der Waals surface area contributed by atoms with Crippen LogP contribution in [0.5, 0.6) is 0 Å².